The van der Waals surface area contributed by atoms with Gasteiger partial charge in [-0.05, 0) is 108 Å². The predicted octanol–water partition coefficient (Wildman–Crippen LogP) is 15.7. The van der Waals surface area contributed by atoms with E-state index in [9.17, 15) is 0 Å². The maximum absolute atomic E-state index is 2.45. The summed E-state index contributed by atoms with van der Waals surface area (Å²) >= 11 is 0. The molecule has 1 nitrogen and oxygen atoms in total. The second kappa shape index (κ2) is 14.9. The first-order chi connectivity index (χ1) is 29.8. The number of fused-ring (bicyclic) bond motifs is 4. The molecule has 60 heavy (non-hydrogen) atoms. The molecule has 0 aliphatic heterocycles. The third-order valence-corrected chi connectivity index (χ3v) is 12.4. The SMILES string of the molecule is c1ccc(-c2ccc(N(c3ccc(-c4ccc(-c5ccc6ccccc6c5)cc4)cc3)c3cccc4c3-c3ccccc3C4(c3ccccc3)c3ccccc3)cc2)cc1. The third kappa shape index (κ3) is 5.94. The van der Waals surface area contributed by atoms with Crippen LogP contribution < -0.4 is 4.90 Å². The van der Waals surface area contributed by atoms with Crippen molar-refractivity contribution >= 4 is 27.8 Å². The molecular formula is C59H41N. The quantitative estimate of drug-likeness (QED) is 0.149. The number of hydrogen-bond acceptors (Lipinski definition) is 1. The molecule has 0 unspecified atom stereocenters. The number of nitrogens with zero attached hydrogens (tertiary/aromatic N) is 1. The Morgan fingerprint density at radius 3 is 1.32 bits per heavy atom. The molecule has 10 aromatic rings. The highest BCUT2D eigenvalue weighted by Crippen LogP contribution is 2.59. The first-order valence-corrected chi connectivity index (χ1v) is 20.8. The fraction of sp³-hybridized carbons (Fsp3) is 0.0169. The van der Waals surface area contributed by atoms with Crippen LogP contribution in [0, 0.1) is 0 Å². The summed E-state index contributed by atoms with van der Waals surface area (Å²) < 4.78 is 0. The highest BCUT2D eigenvalue weighted by Gasteiger charge is 2.47. The molecule has 0 saturated carbocycles. The van der Waals surface area contributed by atoms with E-state index < -0.39 is 5.41 Å². The van der Waals surface area contributed by atoms with Gasteiger partial charge in [-0.15, -0.1) is 0 Å². The van der Waals surface area contributed by atoms with Gasteiger partial charge < -0.3 is 4.90 Å². The maximum atomic E-state index is 2.45. The van der Waals surface area contributed by atoms with Crippen LogP contribution in [0.3, 0.4) is 0 Å². The van der Waals surface area contributed by atoms with E-state index in [0.717, 1.165) is 17.1 Å². The predicted molar refractivity (Wildman–Crippen MR) is 252 cm³/mol. The van der Waals surface area contributed by atoms with Crippen molar-refractivity contribution in [2.24, 2.45) is 0 Å². The Kier molecular flexibility index (Phi) is 8.79. The Balaban J connectivity index is 1.05. The second-order valence-electron chi connectivity index (χ2n) is 15.7. The first-order valence-electron chi connectivity index (χ1n) is 20.8. The Bertz CT molecular complexity index is 3060. The molecule has 0 spiro atoms. The number of rotatable bonds is 8. The van der Waals surface area contributed by atoms with E-state index in [1.807, 2.05) is 0 Å². The lowest BCUT2D eigenvalue weighted by Gasteiger charge is -2.34. The van der Waals surface area contributed by atoms with Crippen LogP contribution in [-0.4, -0.2) is 0 Å². The van der Waals surface area contributed by atoms with Crippen molar-refractivity contribution in [3.8, 4) is 44.5 Å². The van der Waals surface area contributed by atoms with Gasteiger partial charge in [0.05, 0.1) is 11.1 Å². The lowest BCUT2D eigenvalue weighted by atomic mass is 9.68. The van der Waals surface area contributed by atoms with Gasteiger partial charge in [0.15, 0.2) is 0 Å². The molecule has 0 saturated heterocycles. The van der Waals surface area contributed by atoms with E-state index in [1.165, 1.54) is 77.5 Å². The molecule has 10 aromatic carbocycles. The van der Waals surface area contributed by atoms with Gasteiger partial charge >= 0.3 is 0 Å². The normalized spacial score (nSPS) is 12.5. The van der Waals surface area contributed by atoms with Crippen LogP contribution in [0.2, 0.25) is 0 Å². The Morgan fingerprint density at radius 1 is 0.283 bits per heavy atom. The summed E-state index contributed by atoms with van der Waals surface area (Å²) in [6.07, 6.45) is 0. The summed E-state index contributed by atoms with van der Waals surface area (Å²) in [5, 5.41) is 2.52. The van der Waals surface area contributed by atoms with E-state index in [0.29, 0.717) is 0 Å². The van der Waals surface area contributed by atoms with Crippen molar-refractivity contribution in [1.29, 1.82) is 0 Å². The number of benzene rings is 10. The van der Waals surface area contributed by atoms with E-state index in [4.69, 9.17) is 0 Å². The van der Waals surface area contributed by atoms with Gasteiger partial charge in [-0.2, -0.15) is 0 Å². The molecule has 0 amide bonds. The Morgan fingerprint density at radius 2 is 0.717 bits per heavy atom. The van der Waals surface area contributed by atoms with Crippen molar-refractivity contribution < 1.29 is 0 Å². The average molecular weight is 764 g/mol. The van der Waals surface area contributed by atoms with Crippen LogP contribution >= 0.6 is 0 Å². The van der Waals surface area contributed by atoms with E-state index in [-0.39, 0.29) is 0 Å². The lowest BCUT2D eigenvalue weighted by Crippen LogP contribution is -2.28. The number of hydrogen-bond donors (Lipinski definition) is 0. The van der Waals surface area contributed by atoms with Gasteiger partial charge in [-0.25, -0.2) is 0 Å². The molecule has 0 fully saturated rings. The largest absolute Gasteiger partial charge is 0.310 e. The third-order valence-electron chi connectivity index (χ3n) is 12.4. The molecule has 0 radical (unpaired) electrons. The Hall–Kier alpha value is -7.74. The zero-order valence-corrected chi connectivity index (χ0v) is 33.1. The average Bonchev–Trinajstić information content (AvgIpc) is 3.64. The summed E-state index contributed by atoms with van der Waals surface area (Å²) in [6.45, 7) is 0. The molecule has 0 aromatic heterocycles. The fourth-order valence-electron chi connectivity index (χ4n) is 9.55. The molecule has 1 aliphatic rings. The van der Waals surface area contributed by atoms with Crippen LogP contribution in [0.25, 0.3) is 55.3 Å². The molecule has 1 aliphatic carbocycles. The summed E-state index contributed by atoms with van der Waals surface area (Å²) in [5.41, 5.74) is 17.7. The van der Waals surface area contributed by atoms with Gasteiger partial charge in [0.25, 0.3) is 0 Å². The smallest absolute Gasteiger partial charge is 0.0714 e. The van der Waals surface area contributed by atoms with Crippen LogP contribution in [0.4, 0.5) is 17.1 Å². The molecule has 0 bridgehead atoms. The topological polar surface area (TPSA) is 3.24 Å². The zero-order valence-electron chi connectivity index (χ0n) is 33.1. The van der Waals surface area contributed by atoms with Crippen molar-refractivity contribution in [3.63, 3.8) is 0 Å². The van der Waals surface area contributed by atoms with Crippen LogP contribution in [0.1, 0.15) is 22.3 Å². The minimum Gasteiger partial charge on any atom is -0.310 e. The van der Waals surface area contributed by atoms with Crippen molar-refractivity contribution in [2.45, 2.75) is 5.41 Å². The molecule has 1 heteroatoms. The summed E-state index contributed by atoms with van der Waals surface area (Å²) in [6, 6.07) is 90.9. The van der Waals surface area contributed by atoms with E-state index in [1.54, 1.807) is 0 Å². The fourth-order valence-corrected chi connectivity index (χ4v) is 9.55. The van der Waals surface area contributed by atoms with Crippen molar-refractivity contribution in [2.75, 3.05) is 4.90 Å². The Labute approximate surface area is 352 Å². The highest BCUT2D eigenvalue weighted by molar-refractivity contribution is 5.97. The number of anilines is 3. The zero-order chi connectivity index (χ0) is 39.9. The van der Waals surface area contributed by atoms with Gasteiger partial charge in [0.1, 0.15) is 0 Å². The van der Waals surface area contributed by atoms with Gasteiger partial charge in [-0.3, -0.25) is 0 Å². The van der Waals surface area contributed by atoms with Crippen LogP contribution in [-0.2, 0) is 5.41 Å². The molecule has 282 valence electrons. The van der Waals surface area contributed by atoms with Gasteiger partial charge in [0, 0.05) is 16.9 Å². The summed E-state index contributed by atoms with van der Waals surface area (Å²) in [5.74, 6) is 0. The maximum Gasteiger partial charge on any atom is 0.0714 e. The first kappa shape index (κ1) is 35.4. The van der Waals surface area contributed by atoms with E-state index in [2.05, 4.69) is 254 Å². The van der Waals surface area contributed by atoms with Crippen molar-refractivity contribution in [3.05, 3.63) is 271 Å². The highest BCUT2D eigenvalue weighted by atomic mass is 15.1. The molecule has 0 heterocycles. The van der Waals surface area contributed by atoms with Crippen LogP contribution in [0.15, 0.2) is 249 Å². The monoisotopic (exact) mass is 763 g/mol. The van der Waals surface area contributed by atoms with E-state index >= 15 is 0 Å². The standard InChI is InChI=1S/C59H41N/c1-4-15-42(16-5-1)45-33-37-52(38-34-45)60(53-39-35-46(36-40-53)44-27-29-47(30-28-44)49-32-31-43-17-10-11-18-48(43)41-49)57-26-14-25-56-58(57)54-23-12-13-24-55(54)59(56,50-19-6-2-7-20-50)51-21-8-3-9-22-51/h1-41H. The molecular weight excluding hydrogens is 723 g/mol. The lowest BCUT2D eigenvalue weighted by molar-refractivity contribution is 0.768. The molecule has 11 rings (SSSR count). The summed E-state index contributed by atoms with van der Waals surface area (Å²) in [7, 11) is 0. The minimum atomic E-state index is -0.490. The minimum absolute atomic E-state index is 0.490. The summed E-state index contributed by atoms with van der Waals surface area (Å²) in [4.78, 5) is 2.45. The van der Waals surface area contributed by atoms with Gasteiger partial charge in [0.2, 0.25) is 0 Å². The second-order valence-corrected chi connectivity index (χ2v) is 15.7. The van der Waals surface area contributed by atoms with Gasteiger partial charge in [-0.1, -0.05) is 212 Å². The molecule has 0 N–H and O–H groups in total. The van der Waals surface area contributed by atoms with Crippen LogP contribution in [0.5, 0.6) is 0 Å². The molecule has 0 atom stereocenters. The van der Waals surface area contributed by atoms with Crippen molar-refractivity contribution in [1.82, 2.24) is 0 Å².